The fraction of sp³-hybridized carbons (Fsp3) is 0.321. The lowest BCUT2D eigenvalue weighted by molar-refractivity contribution is -0.137. The van der Waals surface area contributed by atoms with E-state index in [9.17, 15) is 4.79 Å². The standard InChI is InChI=1S/C28H29Cl2NO5/c1-17-9-18(2)11-21(10-17)35-15-24-22-14-27(34-4)26(33-3)12-19(22)7-8-31(24)28(32)16-36-25-6-5-20(29)13-23(25)30/h5-6,9-14,24H,7-8,15-16H2,1-4H3. The maximum absolute atomic E-state index is 13.4. The molecule has 190 valence electrons. The first-order chi connectivity index (χ1) is 17.3. The Balaban J connectivity index is 1.61. The van der Waals surface area contributed by atoms with Gasteiger partial charge in [-0.05, 0) is 85.0 Å². The summed E-state index contributed by atoms with van der Waals surface area (Å²) in [7, 11) is 3.21. The maximum Gasteiger partial charge on any atom is 0.261 e. The summed E-state index contributed by atoms with van der Waals surface area (Å²) in [6.45, 7) is 4.69. The molecular formula is C28H29Cl2NO5. The molecule has 0 bridgehead atoms. The first-order valence-electron chi connectivity index (χ1n) is 11.6. The summed E-state index contributed by atoms with van der Waals surface area (Å²) in [4.78, 5) is 15.2. The molecule has 4 rings (SSSR count). The van der Waals surface area contributed by atoms with Crippen molar-refractivity contribution < 1.29 is 23.7 Å². The highest BCUT2D eigenvalue weighted by atomic mass is 35.5. The zero-order valence-corrected chi connectivity index (χ0v) is 22.3. The molecule has 1 unspecified atom stereocenters. The summed E-state index contributed by atoms with van der Waals surface area (Å²) in [5.74, 6) is 2.25. The fourth-order valence-electron chi connectivity index (χ4n) is 4.51. The normalized spacial score (nSPS) is 14.7. The summed E-state index contributed by atoms with van der Waals surface area (Å²) >= 11 is 12.2. The lowest BCUT2D eigenvalue weighted by atomic mass is 9.92. The van der Waals surface area contributed by atoms with Crippen LogP contribution in [-0.4, -0.2) is 44.8 Å². The molecule has 1 aliphatic heterocycles. The lowest BCUT2D eigenvalue weighted by Crippen LogP contribution is -2.44. The van der Waals surface area contributed by atoms with Crippen LogP contribution in [0.3, 0.4) is 0 Å². The second-order valence-electron chi connectivity index (χ2n) is 8.76. The van der Waals surface area contributed by atoms with Crippen LogP contribution in [0.15, 0.2) is 48.5 Å². The Bertz CT molecular complexity index is 1240. The minimum atomic E-state index is -0.342. The van der Waals surface area contributed by atoms with Gasteiger partial charge in [0.1, 0.15) is 18.1 Å². The van der Waals surface area contributed by atoms with E-state index in [0.717, 1.165) is 28.0 Å². The average Bonchev–Trinajstić information content (AvgIpc) is 2.85. The van der Waals surface area contributed by atoms with Crippen molar-refractivity contribution in [1.82, 2.24) is 4.90 Å². The number of benzene rings is 3. The van der Waals surface area contributed by atoms with Gasteiger partial charge < -0.3 is 23.8 Å². The van der Waals surface area contributed by atoms with Crippen LogP contribution < -0.4 is 18.9 Å². The Morgan fingerprint density at radius 3 is 2.28 bits per heavy atom. The lowest BCUT2D eigenvalue weighted by Gasteiger charge is -2.37. The van der Waals surface area contributed by atoms with Crippen molar-refractivity contribution in [2.45, 2.75) is 26.3 Å². The molecule has 0 saturated carbocycles. The number of hydrogen-bond donors (Lipinski definition) is 0. The van der Waals surface area contributed by atoms with E-state index in [2.05, 4.69) is 6.07 Å². The molecule has 0 spiro atoms. The molecular weight excluding hydrogens is 501 g/mol. The average molecular weight is 530 g/mol. The summed E-state index contributed by atoms with van der Waals surface area (Å²) < 4.78 is 23.0. The van der Waals surface area contributed by atoms with Crippen molar-refractivity contribution in [2.75, 3.05) is 34.0 Å². The molecule has 8 heteroatoms. The second-order valence-corrected chi connectivity index (χ2v) is 9.60. The predicted octanol–water partition coefficient (Wildman–Crippen LogP) is 6.21. The molecule has 1 aliphatic rings. The molecule has 0 N–H and O–H groups in total. The van der Waals surface area contributed by atoms with E-state index in [4.69, 9.17) is 42.1 Å². The number of ether oxygens (including phenoxy) is 4. The van der Waals surface area contributed by atoms with Crippen molar-refractivity contribution in [3.8, 4) is 23.0 Å². The number of amides is 1. The van der Waals surface area contributed by atoms with Crippen molar-refractivity contribution >= 4 is 29.1 Å². The first-order valence-corrected chi connectivity index (χ1v) is 12.4. The van der Waals surface area contributed by atoms with Crippen molar-refractivity contribution in [3.05, 3.63) is 80.8 Å². The minimum Gasteiger partial charge on any atom is -0.493 e. The smallest absolute Gasteiger partial charge is 0.261 e. The Labute approximate surface area is 221 Å². The number of fused-ring (bicyclic) bond motifs is 1. The highest BCUT2D eigenvalue weighted by Crippen LogP contribution is 2.39. The molecule has 0 radical (unpaired) electrons. The zero-order valence-electron chi connectivity index (χ0n) is 20.8. The van der Waals surface area contributed by atoms with Gasteiger partial charge in [0.2, 0.25) is 0 Å². The molecule has 1 heterocycles. The number of carbonyl (C=O) groups is 1. The quantitative estimate of drug-likeness (QED) is 0.347. The van der Waals surface area contributed by atoms with Gasteiger partial charge in [0.05, 0.1) is 25.3 Å². The molecule has 6 nitrogen and oxygen atoms in total. The van der Waals surface area contributed by atoms with Gasteiger partial charge in [-0.1, -0.05) is 29.3 Å². The summed E-state index contributed by atoms with van der Waals surface area (Å²) in [6, 6.07) is 14.5. The highest BCUT2D eigenvalue weighted by molar-refractivity contribution is 6.35. The molecule has 3 aromatic rings. The SMILES string of the molecule is COc1cc2c(cc1OC)C(COc1cc(C)cc(C)c1)N(C(=O)COc1ccc(Cl)cc1Cl)CC2. The first kappa shape index (κ1) is 26.0. The number of nitrogens with zero attached hydrogens (tertiary/aromatic N) is 1. The van der Waals surface area contributed by atoms with E-state index < -0.39 is 0 Å². The van der Waals surface area contributed by atoms with Crippen LogP contribution in [0.4, 0.5) is 0 Å². The third-order valence-electron chi connectivity index (χ3n) is 6.17. The Hall–Kier alpha value is -3.09. The van der Waals surface area contributed by atoms with Crippen molar-refractivity contribution in [2.24, 2.45) is 0 Å². The monoisotopic (exact) mass is 529 g/mol. The number of carbonyl (C=O) groups excluding carboxylic acids is 1. The Morgan fingerprint density at radius 2 is 1.61 bits per heavy atom. The van der Waals surface area contributed by atoms with Gasteiger partial charge >= 0.3 is 0 Å². The number of methoxy groups -OCH3 is 2. The van der Waals surface area contributed by atoms with Crippen LogP contribution >= 0.6 is 23.2 Å². The Morgan fingerprint density at radius 1 is 0.917 bits per heavy atom. The largest absolute Gasteiger partial charge is 0.493 e. The van der Waals surface area contributed by atoms with Gasteiger partial charge in [-0.15, -0.1) is 0 Å². The molecule has 0 fully saturated rings. The van der Waals surface area contributed by atoms with Crippen LogP contribution in [0.25, 0.3) is 0 Å². The second kappa shape index (κ2) is 11.3. The third kappa shape index (κ3) is 5.82. The van der Waals surface area contributed by atoms with Gasteiger partial charge in [0.25, 0.3) is 5.91 Å². The van der Waals surface area contributed by atoms with Gasteiger partial charge in [-0.3, -0.25) is 4.79 Å². The van der Waals surface area contributed by atoms with Crippen LogP contribution in [-0.2, 0) is 11.2 Å². The molecule has 0 saturated heterocycles. The van der Waals surface area contributed by atoms with Crippen LogP contribution in [0.5, 0.6) is 23.0 Å². The highest BCUT2D eigenvalue weighted by Gasteiger charge is 2.33. The third-order valence-corrected chi connectivity index (χ3v) is 6.70. The topological polar surface area (TPSA) is 57.2 Å². The fourth-order valence-corrected chi connectivity index (χ4v) is 4.98. The molecule has 0 aliphatic carbocycles. The van der Waals surface area contributed by atoms with E-state index in [1.807, 2.05) is 38.1 Å². The maximum atomic E-state index is 13.4. The van der Waals surface area contributed by atoms with E-state index >= 15 is 0 Å². The molecule has 3 aromatic carbocycles. The van der Waals surface area contributed by atoms with Crippen LogP contribution in [0.2, 0.25) is 10.0 Å². The van der Waals surface area contributed by atoms with E-state index in [1.54, 1.807) is 37.3 Å². The van der Waals surface area contributed by atoms with Gasteiger partial charge in [0, 0.05) is 11.6 Å². The number of halogens is 2. The van der Waals surface area contributed by atoms with Gasteiger partial charge in [0.15, 0.2) is 18.1 Å². The molecule has 1 atom stereocenters. The van der Waals surface area contributed by atoms with Crippen molar-refractivity contribution in [3.63, 3.8) is 0 Å². The molecule has 1 amide bonds. The van der Waals surface area contributed by atoms with E-state index in [1.165, 1.54) is 0 Å². The summed E-state index contributed by atoms with van der Waals surface area (Å²) in [5, 5.41) is 0.852. The molecule has 36 heavy (non-hydrogen) atoms. The van der Waals surface area contributed by atoms with Crippen LogP contribution in [0, 0.1) is 13.8 Å². The summed E-state index contributed by atoms with van der Waals surface area (Å²) in [6.07, 6.45) is 0.670. The van der Waals surface area contributed by atoms with E-state index in [0.29, 0.717) is 40.3 Å². The van der Waals surface area contributed by atoms with Gasteiger partial charge in [-0.2, -0.15) is 0 Å². The number of hydrogen-bond acceptors (Lipinski definition) is 5. The Kier molecular flexibility index (Phi) is 8.17. The number of aryl methyl sites for hydroxylation is 2. The molecule has 0 aromatic heterocycles. The van der Waals surface area contributed by atoms with E-state index in [-0.39, 0.29) is 25.2 Å². The predicted molar refractivity (Wildman–Crippen MR) is 141 cm³/mol. The van der Waals surface area contributed by atoms with Crippen molar-refractivity contribution in [1.29, 1.82) is 0 Å². The number of rotatable bonds is 8. The summed E-state index contributed by atoms with van der Waals surface area (Å²) in [5.41, 5.74) is 4.27. The minimum absolute atomic E-state index is 0.163. The van der Waals surface area contributed by atoms with Crippen LogP contribution in [0.1, 0.15) is 28.3 Å². The van der Waals surface area contributed by atoms with Gasteiger partial charge in [-0.25, -0.2) is 0 Å². The zero-order chi connectivity index (χ0) is 25.8.